The van der Waals surface area contributed by atoms with Gasteiger partial charge in [-0.15, -0.1) is 0 Å². The Morgan fingerprint density at radius 3 is 2.46 bits per heavy atom. The van der Waals surface area contributed by atoms with Gasteiger partial charge in [0.1, 0.15) is 0 Å². The van der Waals surface area contributed by atoms with Crippen LogP contribution < -0.4 is 5.01 Å². The zero-order valence-electron chi connectivity index (χ0n) is 13.9. The summed E-state index contributed by atoms with van der Waals surface area (Å²) in [5.74, 6) is -0.465. The third kappa shape index (κ3) is 3.05. The van der Waals surface area contributed by atoms with E-state index < -0.39 is 15.7 Å². The molecular weight excluding hydrogens is 326 g/mol. The van der Waals surface area contributed by atoms with Gasteiger partial charge in [-0.2, -0.15) is 5.10 Å². The van der Waals surface area contributed by atoms with Crippen LogP contribution in [-0.2, 0) is 14.6 Å². The molecule has 6 nitrogen and oxygen atoms in total. The van der Waals surface area contributed by atoms with Crippen LogP contribution in [0.1, 0.15) is 39.0 Å². The van der Waals surface area contributed by atoms with Gasteiger partial charge in [0.25, 0.3) is 5.91 Å². The number of sulfone groups is 1. The third-order valence-electron chi connectivity index (χ3n) is 4.41. The van der Waals surface area contributed by atoms with Crippen LogP contribution in [0.15, 0.2) is 34.3 Å². The van der Waals surface area contributed by atoms with Gasteiger partial charge in [0.05, 0.1) is 10.6 Å². The molecule has 0 radical (unpaired) electrons. The summed E-state index contributed by atoms with van der Waals surface area (Å²) in [6.45, 7) is 3.77. The molecule has 130 valence electrons. The molecule has 1 amide bonds. The van der Waals surface area contributed by atoms with Gasteiger partial charge in [0.2, 0.25) is 14.9 Å². The minimum atomic E-state index is -3.88. The fourth-order valence-electron chi connectivity index (χ4n) is 3.17. The van der Waals surface area contributed by atoms with E-state index in [1.807, 2.05) is 6.92 Å². The second-order valence-electron chi connectivity index (χ2n) is 6.21. The summed E-state index contributed by atoms with van der Waals surface area (Å²) in [5, 5.41) is 5.55. The highest BCUT2D eigenvalue weighted by Gasteiger charge is 2.39. The number of fused-ring (bicyclic) bond motifs is 1. The smallest absolute Gasteiger partial charge is 0.286 e. The first kappa shape index (κ1) is 17.0. The summed E-state index contributed by atoms with van der Waals surface area (Å²) in [6.07, 6.45) is 4.79. The van der Waals surface area contributed by atoms with Crippen molar-refractivity contribution in [2.45, 2.75) is 43.9 Å². The molecule has 24 heavy (non-hydrogen) atoms. The van der Waals surface area contributed by atoms with Crippen LogP contribution in [0.5, 0.6) is 0 Å². The summed E-state index contributed by atoms with van der Waals surface area (Å²) in [5.41, 5.74) is 0.548. The Bertz CT molecular complexity index is 750. The number of hydrazone groups is 1. The zero-order chi connectivity index (χ0) is 17.2. The molecule has 0 bridgehead atoms. The molecule has 3 rings (SSSR count). The molecule has 0 saturated carbocycles. The van der Waals surface area contributed by atoms with Crippen LogP contribution in [0.3, 0.4) is 0 Å². The molecule has 2 aliphatic heterocycles. The minimum absolute atomic E-state index is 0.173. The predicted molar refractivity (Wildman–Crippen MR) is 93.7 cm³/mol. The average molecular weight is 349 g/mol. The summed E-state index contributed by atoms with van der Waals surface area (Å²) in [7, 11) is -3.88. The van der Waals surface area contributed by atoms with Crippen LogP contribution >= 0.6 is 0 Å². The van der Waals surface area contributed by atoms with E-state index in [2.05, 4.69) is 5.10 Å². The SMILES string of the molecule is CCCN1N=C(C(=O)N2CCCCCC2)S(=O)(=O)c2ccccc21. The van der Waals surface area contributed by atoms with Crippen LogP contribution in [0.25, 0.3) is 0 Å². The lowest BCUT2D eigenvalue weighted by atomic mass is 10.2. The lowest BCUT2D eigenvalue weighted by Crippen LogP contribution is -2.44. The van der Waals surface area contributed by atoms with Gasteiger partial charge in [0, 0.05) is 19.6 Å². The summed E-state index contributed by atoms with van der Waals surface area (Å²) >= 11 is 0. The number of carbonyl (C=O) groups excluding carboxylic acids is 1. The standard InChI is InChI=1S/C17H23N3O3S/c1-2-11-20-14-9-5-6-10-15(14)24(22,23)16(18-20)17(21)19-12-7-3-4-8-13-19/h5-6,9-10H,2-4,7-8,11-13H2,1H3. The topological polar surface area (TPSA) is 70.1 Å². The molecule has 1 aromatic rings. The molecular formula is C17H23N3O3S. The van der Waals surface area contributed by atoms with Crippen molar-refractivity contribution in [2.75, 3.05) is 24.6 Å². The molecule has 2 heterocycles. The first-order valence-corrected chi connectivity index (χ1v) is 10.0. The quantitative estimate of drug-likeness (QED) is 0.840. The minimum Gasteiger partial charge on any atom is -0.337 e. The first-order valence-electron chi connectivity index (χ1n) is 8.55. The van der Waals surface area contributed by atoms with E-state index in [0.29, 0.717) is 25.3 Å². The molecule has 1 fully saturated rings. The van der Waals surface area contributed by atoms with Crippen molar-refractivity contribution in [3.05, 3.63) is 24.3 Å². The van der Waals surface area contributed by atoms with E-state index in [0.717, 1.165) is 32.1 Å². The van der Waals surface area contributed by atoms with Crippen molar-refractivity contribution < 1.29 is 13.2 Å². The maximum Gasteiger partial charge on any atom is 0.286 e. The first-order chi connectivity index (χ1) is 11.6. The van der Waals surface area contributed by atoms with Crippen molar-refractivity contribution in [3.63, 3.8) is 0 Å². The molecule has 0 aliphatic carbocycles. The third-order valence-corrected chi connectivity index (χ3v) is 6.10. The molecule has 7 heteroatoms. The zero-order valence-corrected chi connectivity index (χ0v) is 14.8. The van der Waals surface area contributed by atoms with Crippen molar-refractivity contribution >= 4 is 26.5 Å². The number of amides is 1. The number of likely N-dealkylation sites (tertiary alicyclic amines) is 1. The highest BCUT2D eigenvalue weighted by molar-refractivity contribution is 8.08. The van der Waals surface area contributed by atoms with Gasteiger partial charge < -0.3 is 4.90 Å². The summed E-state index contributed by atoms with van der Waals surface area (Å²) < 4.78 is 25.8. The summed E-state index contributed by atoms with van der Waals surface area (Å²) in [4.78, 5) is 14.7. The Morgan fingerprint density at radius 1 is 1.12 bits per heavy atom. The number of para-hydroxylation sites is 1. The van der Waals surface area contributed by atoms with E-state index in [9.17, 15) is 13.2 Å². The van der Waals surface area contributed by atoms with Crippen LogP contribution in [0, 0.1) is 0 Å². The molecule has 1 saturated heterocycles. The van der Waals surface area contributed by atoms with E-state index in [1.165, 1.54) is 0 Å². The van der Waals surface area contributed by atoms with Crippen LogP contribution in [0.2, 0.25) is 0 Å². The Morgan fingerprint density at radius 2 is 1.79 bits per heavy atom. The number of benzene rings is 1. The van der Waals surface area contributed by atoms with Gasteiger partial charge in [-0.05, 0) is 31.4 Å². The van der Waals surface area contributed by atoms with Crippen LogP contribution in [-0.4, -0.2) is 43.9 Å². The molecule has 0 unspecified atom stereocenters. The van der Waals surface area contributed by atoms with Crippen LogP contribution in [0.4, 0.5) is 5.69 Å². The number of rotatable bonds is 3. The number of anilines is 1. The normalized spacial score (nSPS) is 20.1. The largest absolute Gasteiger partial charge is 0.337 e. The van der Waals surface area contributed by atoms with Gasteiger partial charge >= 0.3 is 0 Å². The van der Waals surface area contributed by atoms with Gasteiger partial charge in [-0.25, -0.2) is 8.42 Å². The van der Waals surface area contributed by atoms with Gasteiger partial charge in [-0.3, -0.25) is 9.80 Å². The predicted octanol–water partition coefficient (Wildman–Crippen LogP) is 2.41. The molecule has 0 atom stereocenters. The lowest BCUT2D eigenvalue weighted by molar-refractivity contribution is -0.123. The number of hydrogen-bond acceptors (Lipinski definition) is 5. The Balaban J connectivity index is 2.01. The second kappa shape index (κ2) is 6.93. The van der Waals surface area contributed by atoms with E-state index >= 15 is 0 Å². The van der Waals surface area contributed by atoms with E-state index in [1.54, 1.807) is 34.2 Å². The highest BCUT2D eigenvalue weighted by atomic mass is 32.2. The Hall–Kier alpha value is -1.89. The van der Waals surface area contributed by atoms with Crippen molar-refractivity contribution in [1.29, 1.82) is 0 Å². The average Bonchev–Trinajstić information content (AvgIpc) is 2.86. The molecule has 0 spiro atoms. The van der Waals surface area contributed by atoms with Gasteiger partial charge in [-0.1, -0.05) is 31.9 Å². The fraction of sp³-hybridized carbons (Fsp3) is 0.529. The monoisotopic (exact) mass is 349 g/mol. The highest BCUT2D eigenvalue weighted by Crippen LogP contribution is 2.32. The van der Waals surface area contributed by atoms with Crippen molar-refractivity contribution in [1.82, 2.24) is 4.90 Å². The second-order valence-corrected chi connectivity index (χ2v) is 8.04. The summed E-state index contributed by atoms with van der Waals surface area (Å²) in [6, 6.07) is 6.75. The molecule has 0 aromatic heterocycles. The number of carbonyl (C=O) groups is 1. The van der Waals surface area contributed by atoms with E-state index in [-0.39, 0.29) is 9.94 Å². The van der Waals surface area contributed by atoms with E-state index in [4.69, 9.17) is 0 Å². The molecule has 1 aromatic carbocycles. The Kier molecular flexibility index (Phi) is 4.89. The Labute approximate surface area is 143 Å². The number of nitrogens with zero attached hydrogens (tertiary/aromatic N) is 3. The van der Waals surface area contributed by atoms with Crippen molar-refractivity contribution in [2.24, 2.45) is 5.10 Å². The molecule has 0 N–H and O–H groups in total. The lowest BCUT2D eigenvalue weighted by Gasteiger charge is -2.29. The van der Waals surface area contributed by atoms with Crippen molar-refractivity contribution in [3.8, 4) is 0 Å². The number of hydrogen-bond donors (Lipinski definition) is 0. The molecule has 2 aliphatic rings. The fourth-order valence-corrected chi connectivity index (χ4v) is 4.65. The maximum absolute atomic E-state index is 12.9. The maximum atomic E-state index is 12.9. The van der Waals surface area contributed by atoms with Gasteiger partial charge in [0.15, 0.2) is 0 Å².